The van der Waals surface area contributed by atoms with E-state index in [2.05, 4.69) is 404 Å². The Morgan fingerprint density at radius 1 is 0.183 bits per heavy atom. The summed E-state index contributed by atoms with van der Waals surface area (Å²) in [5, 5.41) is 20.0. The average Bonchev–Trinajstić information content (AvgIpc) is 1.56. The number of hydrogen-bond donors (Lipinski definition) is 0. The van der Waals surface area contributed by atoms with E-state index in [1.54, 1.807) is 0 Å². The molecule has 120 heavy (non-hydrogen) atoms. The number of aromatic nitrogens is 8. The lowest BCUT2D eigenvalue weighted by molar-refractivity contribution is 0.401. The van der Waals surface area contributed by atoms with E-state index < -0.39 is 0 Å². The molecule has 8 nitrogen and oxygen atoms in total. The maximum absolute atomic E-state index is 2.68. The van der Waals surface area contributed by atoms with Crippen LogP contribution in [0, 0.1) is 11.8 Å². The number of nitrogens with zero attached hydrogens (tertiary/aromatic N) is 8. The second-order valence-electron chi connectivity index (χ2n) is 33.9. The summed E-state index contributed by atoms with van der Waals surface area (Å²) in [5.41, 5.74) is 28.7. The van der Waals surface area contributed by atoms with Crippen LogP contribution in [0.25, 0.3) is 220 Å². The Morgan fingerprint density at radius 3 is 0.583 bits per heavy atom. The van der Waals surface area contributed by atoms with Gasteiger partial charge >= 0.3 is 0 Å². The van der Waals surface area contributed by atoms with Crippen molar-refractivity contribution < 1.29 is 0 Å². The smallest absolute Gasteiger partial charge is 0.0542 e. The highest BCUT2D eigenvalue weighted by molar-refractivity contribution is 6.19. The molecule has 0 saturated heterocycles. The Hall–Kier alpha value is -14.1. The van der Waals surface area contributed by atoms with Crippen LogP contribution in [0.5, 0.6) is 0 Å². The molecule has 0 bridgehead atoms. The van der Waals surface area contributed by atoms with Crippen molar-refractivity contribution in [1.82, 2.24) is 36.5 Å². The van der Waals surface area contributed by atoms with Crippen LogP contribution in [0.15, 0.2) is 340 Å². The van der Waals surface area contributed by atoms with Crippen molar-refractivity contribution in [2.75, 3.05) is 0 Å². The van der Waals surface area contributed by atoms with Crippen LogP contribution in [0.3, 0.4) is 0 Å². The number of rotatable bonds is 19. The van der Waals surface area contributed by atoms with E-state index in [0.717, 1.165) is 60.1 Å². The van der Waals surface area contributed by atoms with Crippen molar-refractivity contribution in [3.05, 3.63) is 340 Å². The minimum absolute atomic E-state index is 0.543. The fourth-order valence-electron chi connectivity index (χ4n) is 21.5. The third kappa shape index (κ3) is 10.6. The minimum Gasteiger partial charge on any atom is -0.340 e. The largest absolute Gasteiger partial charge is 0.340 e. The van der Waals surface area contributed by atoms with Gasteiger partial charge in [0.2, 0.25) is 0 Å². The van der Waals surface area contributed by atoms with Gasteiger partial charge in [0, 0.05) is 155 Å². The second-order valence-corrected chi connectivity index (χ2v) is 33.9. The van der Waals surface area contributed by atoms with Gasteiger partial charge in [0.1, 0.15) is 0 Å². The number of fused-ring (bicyclic) bond motifs is 24. The lowest BCUT2D eigenvalue weighted by Gasteiger charge is -2.18. The predicted molar refractivity (Wildman–Crippen MR) is 511 cm³/mol. The van der Waals surface area contributed by atoms with Gasteiger partial charge in [-0.05, 0) is 218 Å². The zero-order chi connectivity index (χ0) is 79.5. The molecule has 0 radical (unpaired) electrons. The number of benzene rings is 16. The first-order valence-corrected chi connectivity index (χ1v) is 43.6. The van der Waals surface area contributed by atoms with E-state index in [1.807, 2.05) is 0 Å². The molecule has 16 aromatic carbocycles. The highest BCUT2D eigenvalue weighted by Crippen LogP contribution is 2.47. The van der Waals surface area contributed by atoms with E-state index in [-0.39, 0.29) is 0 Å². The van der Waals surface area contributed by atoms with E-state index in [4.69, 9.17) is 0 Å². The summed E-state index contributed by atoms with van der Waals surface area (Å²) in [7, 11) is 0. The van der Waals surface area contributed by atoms with Crippen LogP contribution >= 0.6 is 0 Å². The van der Waals surface area contributed by atoms with Crippen LogP contribution in [0.2, 0.25) is 0 Å². The summed E-state index contributed by atoms with van der Waals surface area (Å²) in [6, 6.07) is 129. The highest BCUT2D eigenvalue weighted by atomic mass is 15.0. The molecule has 8 aromatic heterocycles. The van der Waals surface area contributed by atoms with Gasteiger partial charge in [0.05, 0.1) is 66.2 Å². The van der Waals surface area contributed by atoms with Crippen molar-refractivity contribution >= 4 is 174 Å². The molecular weight excluding hydrogens is 1460 g/mol. The van der Waals surface area contributed by atoms with Crippen molar-refractivity contribution in [3.63, 3.8) is 0 Å². The summed E-state index contributed by atoms with van der Waals surface area (Å²) < 4.78 is 20.3. The van der Waals surface area contributed by atoms with Crippen molar-refractivity contribution in [2.24, 2.45) is 11.8 Å². The molecule has 0 spiro atoms. The lowest BCUT2D eigenvalue weighted by Crippen LogP contribution is -2.10. The Balaban J connectivity index is 0.698. The zero-order valence-corrected chi connectivity index (χ0v) is 68.1. The first-order chi connectivity index (χ1) is 59.4. The number of hydrogen-bond acceptors (Lipinski definition) is 0. The van der Waals surface area contributed by atoms with Crippen LogP contribution in [0.4, 0.5) is 0 Å². The van der Waals surface area contributed by atoms with E-state index in [1.165, 1.54) is 224 Å². The quantitative estimate of drug-likeness (QED) is 0.0774. The molecule has 0 aliphatic rings. The molecule has 8 heterocycles. The molecule has 0 fully saturated rings. The van der Waals surface area contributed by atoms with Crippen molar-refractivity contribution in [2.45, 2.75) is 92.2 Å². The summed E-state index contributed by atoms with van der Waals surface area (Å²) in [5.74, 6) is 1.09. The monoisotopic (exact) mass is 1550 g/mol. The predicted octanol–water partition coefficient (Wildman–Crippen LogP) is 30.6. The Kier molecular flexibility index (Phi) is 16.2. The maximum atomic E-state index is 2.68. The topological polar surface area (TPSA) is 39.4 Å². The van der Waals surface area contributed by atoms with Gasteiger partial charge in [-0.25, -0.2) is 0 Å². The second kappa shape index (κ2) is 27.8. The Labute approximate surface area is 695 Å². The van der Waals surface area contributed by atoms with Gasteiger partial charge in [-0.1, -0.05) is 224 Å². The zero-order valence-electron chi connectivity index (χ0n) is 68.1. The average molecular weight is 1550 g/mol. The fourth-order valence-corrected chi connectivity index (χ4v) is 21.5. The SMILES string of the molecule is CCCCC(CC)Cn1c2ccc(-c3ccc4c(c3)c3cc(-n5c6ccc(-n7c8ccccc8c8ccccc87)cc6c6cc(-n7c8ccccc8c8ccccc87)ccc65)ccc3n4CC(CC)CCCC)cc2c2cc(-n3c4ccc(-n5c6ccccc6c6ccccc65)cc4c4cc(-n5c6ccccc6c6ccccc65)ccc43)ccc21. The molecular formula is C112H90N8. The molecule has 2 atom stereocenters. The summed E-state index contributed by atoms with van der Waals surface area (Å²) in [4.78, 5) is 0. The van der Waals surface area contributed by atoms with Gasteiger partial charge < -0.3 is 36.5 Å². The van der Waals surface area contributed by atoms with Crippen molar-refractivity contribution in [3.8, 4) is 45.3 Å². The Bertz CT molecular complexity index is 7290. The van der Waals surface area contributed by atoms with Crippen LogP contribution in [0.1, 0.15) is 79.1 Å². The van der Waals surface area contributed by atoms with Crippen LogP contribution < -0.4 is 0 Å². The van der Waals surface area contributed by atoms with Crippen molar-refractivity contribution in [1.29, 1.82) is 0 Å². The third-order valence-corrected chi connectivity index (χ3v) is 27.3. The third-order valence-electron chi connectivity index (χ3n) is 27.3. The van der Waals surface area contributed by atoms with Gasteiger partial charge in [-0.3, -0.25) is 0 Å². The molecule has 578 valence electrons. The van der Waals surface area contributed by atoms with E-state index in [0.29, 0.717) is 11.8 Å². The maximum Gasteiger partial charge on any atom is 0.0542 e. The standard InChI is InChI=1S/C112H90N8/c1-5-9-27-71(7-3)69-113-97-53-45-73(61-89(97)91-63-75(47-55-99(91)113)119-109-57-49-77(115-101-37-19-11-29-81(101)82-30-12-20-38-102(82)115)65-93(109)94-66-78(50-58-110(94)119)116-103-39-21-13-31-83(103)84-32-14-22-40-104(84)116)74-46-54-98-90(62-74)92-64-76(48-56-100(92)114(98)70-72(8-4)28-10-6-2)120-111-59-51-79(117-105-41-23-15-33-85(105)86-34-16-24-42-106(86)117)67-95(111)96-68-80(52-60-112(96)120)118-107-43-25-17-35-87(107)88-36-18-26-44-108(88)118/h11-26,29-68,71-72H,5-10,27-28,69-70H2,1-4H3. The summed E-state index contributed by atoms with van der Waals surface area (Å²) in [6.45, 7) is 11.4. The molecule has 24 rings (SSSR count). The summed E-state index contributed by atoms with van der Waals surface area (Å²) in [6.07, 6.45) is 9.50. The lowest BCUT2D eigenvalue weighted by atomic mass is 9.99. The van der Waals surface area contributed by atoms with Gasteiger partial charge in [0.15, 0.2) is 0 Å². The molecule has 0 aliphatic heterocycles. The first-order valence-electron chi connectivity index (χ1n) is 43.6. The van der Waals surface area contributed by atoms with Crippen LogP contribution in [-0.2, 0) is 13.1 Å². The number of unbranched alkanes of at least 4 members (excludes halogenated alkanes) is 2. The molecule has 0 amide bonds. The summed E-state index contributed by atoms with van der Waals surface area (Å²) >= 11 is 0. The highest BCUT2D eigenvalue weighted by Gasteiger charge is 2.26. The molecule has 24 aromatic rings. The Morgan fingerprint density at radius 2 is 0.367 bits per heavy atom. The molecule has 2 unspecified atom stereocenters. The van der Waals surface area contributed by atoms with Gasteiger partial charge in [-0.2, -0.15) is 0 Å². The normalized spacial score (nSPS) is 12.9. The fraction of sp³-hybridized carbons (Fsp3) is 0.143. The molecule has 0 saturated carbocycles. The van der Waals surface area contributed by atoms with E-state index >= 15 is 0 Å². The molecule has 0 N–H and O–H groups in total. The number of para-hydroxylation sites is 8. The van der Waals surface area contributed by atoms with Gasteiger partial charge in [0.25, 0.3) is 0 Å². The molecule has 8 heteroatoms. The van der Waals surface area contributed by atoms with Crippen LogP contribution in [-0.4, -0.2) is 36.5 Å². The molecule has 0 aliphatic carbocycles. The minimum atomic E-state index is 0.543. The van der Waals surface area contributed by atoms with E-state index in [9.17, 15) is 0 Å². The van der Waals surface area contributed by atoms with Gasteiger partial charge in [-0.15, -0.1) is 0 Å². The first kappa shape index (κ1) is 70.2.